The number of fused-ring (bicyclic) bond motifs is 1. The van der Waals surface area contributed by atoms with Gasteiger partial charge in [-0.25, -0.2) is 0 Å². The van der Waals surface area contributed by atoms with E-state index in [1.165, 1.54) is 0 Å². The number of benzene rings is 1. The second-order valence-corrected chi connectivity index (χ2v) is 5.74. The van der Waals surface area contributed by atoms with E-state index in [4.69, 9.17) is 9.47 Å². The number of carbonyl (C=O) groups excluding carboxylic acids is 1. The predicted octanol–water partition coefficient (Wildman–Crippen LogP) is 3.39. The summed E-state index contributed by atoms with van der Waals surface area (Å²) < 4.78 is 10.7. The van der Waals surface area contributed by atoms with Crippen LogP contribution in [0.1, 0.15) is 26.3 Å². The first kappa shape index (κ1) is 13.0. The lowest BCUT2D eigenvalue weighted by molar-refractivity contribution is -0.119. The highest BCUT2D eigenvalue weighted by Gasteiger charge is 2.37. The molecule has 3 rings (SSSR count). The van der Waals surface area contributed by atoms with Gasteiger partial charge in [0.2, 0.25) is 6.79 Å². The SMILES string of the molecule is CC(C)C1=CC=CC(C)(c2ccc3c(c2)OCO3)C1=O. The number of carbonyl (C=O) groups is 1. The van der Waals surface area contributed by atoms with Crippen LogP contribution < -0.4 is 9.47 Å². The monoisotopic (exact) mass is 270 g/mol. The highest BCUT2D eigenvalue weighted by Crippen LogP contribution is 2.40. The summed E-state index contributed by atoms with van der Waals surface area (Å²) in [6, 6.07) is 5.73. The highest BCUT2D eigenvalue weighted by atomic mass is 16.7. The molecule has 3 heteroatoms. The first-order chi connectivity index (χ1) is 9.52. The summed E-state index contributed by atoms with van der Waals surface area (Å²) in [4.78, 5) is 12.8. The van der Waals surface area contributed by atoms with Crippen LogP contribution in [0.2, 0.25) is 0 Å². The number of hydrogen-bond donors (Lipinski definition) is 0. The van der Waals surface area contributed by atoms with Crippen LogP contribution in [-0.4, -0.2) is 12.6 Å². The van der Waals surface area contributed by atoms with Gasteiger partial charge in [0, 0.05) is 0 Å². The van der Waals surface area contributed by atoms with E-state index in [0.29, 0.717) is 5.75 Å². The Hall–Kier alpha value is -2.03. The van der Waals surface area contributed by atoms with Crippen molar-refractivity contribution in [1.82, 2.24) is 0 Å². The lowest BCUT2D eigenvalue weighted by Crippen LogP contribution is -2.34. The Morgan fingerprint density at radius 1 is 1.20 bits per heavy atom. The molecule has 0 fully saturated rings. The maximum Gasteiger partial charge on any atom is 0.231 e. The zero-order valence-corrected chi connectivity index (χ0v) is 12.0. The quantitative estimate of drug-likeness (QED) is 0.826. The Kier molecular flexibility index (Phi) is 2.93. The van der Waals surface area contributed by atoms with Gasteiger partial charge in [-0.3, -0.25) is 4.79 Å². The topological polar surface area (TPSA) is 35.5 Å². The van der Waals surface area contributed by atoms with E-state index < -0.39 is 5.41 Å². The minimum absolute atomic E-state index is 0.161. The fraction of sp³-hybridized carbons (Fsp3) is 0.353. The van der Waals surface area contributed by atoms with Crippen molar-refractivity contribution in [3.05, 3.63) is 47.6 Å². The van der Waals surface area contributed by atoms with E-state index in [1.807, 2.05) is 57.2 Å². The van der Waals surface area contributed by atoms with Gasteiger partial charge in [-0.2, -0.15) is 0 Å². The smallest absolute Gasteiger partial charge is 0.231 e. The van der Waals surface area contributed by atoms with Gasteiger partial charge in [0.25, 0.3) is 0 Å². The van der Waals surface area contributed by atoms with Crippen molar-refractivity contribution >= 4 is 5.78 Å². The van der Waals surface area contributed by atoms with Crippen molar-refractivity contribution in [2.24, 2.45) is 5.92 Å². The Bertz CT molecular complexity index is 625. The van der Waals surface area contributed by atoms with E-state index in [2.05, 4.69) is 0 Å². The summed E-state index contributed by atoms with van der Waals surface area (Å²) in [7, 11) is 0. The Labute approximate surface area is 118 Å². The van der Waals surface area contributed by atoms with Gasteiger partial charge in [-0.05, 0) is 36.1 Å². The summed E-state index contributed by atoms with van der Waals surface area (Å²) in [6.45, 7) is 6.29. The molecule has 1 atom stereocenters. The van der Waals surface area contributed by atoms with Crippen LogP contribution in [-0.2, 0) is 10.2 Å². The lowest BCUT2D eigenvalue weighted by Gasteiger charge is -2.30. The molecule has 0 N–H and O–H groups in total. The van der Waals surface area contributed by atoms with Crippen molar-refractivity contribution in [3.8, 4) is 11.5 Å². The molecule has 0 aromatic heterocycles. The third-order valence-corrected chi connectivity index (χ3v) is 4.03. The van der Waals surface area contributed by atoms with Crippen LogP contribution in [0.4, 0.5) is 0 Å². The van der Waals surface area contributed by atoms with Crippen molar-refractivity contribution in [2.75, 3.05) is 6.79 Å². The second-order valence-electron chi connectivity index (χ2n) is 5.74. The molecule has 1 aromatic carbocycles. The van der Waals surface area contributed by atoms with Gasteiger partial charge < -0.3 is 9.47 Å². The zero-order valence-electron chi connectivity index (χ0n) is 12.0. The van der Waals surface area contributed by atoms with Crippen molar-refractivity contribution in [3.63, 3.8) is 0 Å². The van der Waals surface area contributed by atoms with Gasteiger partial charge in [0.05, 0.1) is 5.41 Å². The average Bonchev–Trinajstić information content (AvgIpc) is 2.88. The minimum atomic E-state index is -0.630. The molecular weight excluding hydrogens is 252 g/mol. The summed E-state index contributed by atoms with van der Waals surface area (Å²) in [5.41, 5.74) is 1.18. The maximum absolute atomic E-state index is 12.8. The van der Waals surface area contributed by atoms with Crippen molar-refractivity contribution in [1.29, 1.82) is 0 Å². The molecule has 1 aromatic rings. The molecule has 20 heavy (non-hydrogen) atoms. The van der Waals surface area contributed by atoms with Gasteiger partial charge in [0.15, 0.2) is 17.3 Å². The fourth-order valence-electron chi connectivity index (χ4n) is 2.70. The van der Waals surface area contributed by atoms with E-state index in [0.717, 1.165) is 16.9 Å². The Morgan fingerprint density at radius 3 is 2.70 bits per heavy atom. The third-order valence-electron chi connectivity index (χ3n) is 4.03. The summed E-state index contributed by atoms with van der Waals surface area (Å²) >= 11 is 0. The first-order valence-corrected chi connectivity index (χ1v) is 6.87. The summed E-state index contributed by atoms with van der Waals surface area (Å²) in [5, 5.41) is 0. The normalized spacial score (nSPS) is 24.2. The van der Waals surface area contributed by atoms with E-state index in [1.54, 1.807) is 0 Å². The maximum atomic E-state index is 12.8. The van der Waals surface area contributed by atoms with Gasteiger partial charge in [-0.1, -0.05) is 38.1 Å². The molecule has 1 unspecified atom stereocenters. The van der Waals surface area contributed by atoms with E-state index in [-0.39, 0.29) is 18.5 Å². The fourth-order valence-corrected chi connectivity index (χ4v) is 2.70. The lowest BCUT2D eigenvalue weighted by atomic mass is 9.71. The van der Waals surface area contributed by atoms with Crippen LogP contribution in [0.3, 0.4) is 0 Å². The molecule has 0 spiro atoms. The van der Waals surface area contributed by atoms with E-state index in [9.17, 15) is 4.79 Å². The molecule has 2 aliphatic rings. The Balaban J connectivity index is 2.03. The number of ether oxygens (including phenoxy) is 2. The van der Waals surface area contributed by atoms with Crippen molar-refractivity contribution < 1.29 is 14.3 Å². The minimum Gasteiger partial charge on any atom is -0.454 e. The predicted molar refractivity (Wildman–Crippen MR) is 77.0 cm³/mol. The number of allylic oxidation sites excluding steroid dienone is 4. The van der Waals surface area contributed by atoms with Gasteiger partial charge in [-0.15, -0.1) is 0 Å². The van der Waals surface area contributed by atoms with E-state index >= 15 is 0 Å². The molecule has 1 aliphatic heterocycles. The molecule has 0 saturated carbocycles. The molecule has 0 bridgehead atoms. The summed E-state index contributed by atoms with van der Waals surface area (Å²) in [6.07, 6.45) is 5.85. The second kappa shape index (κ2) is 4.51. The molecule has 1 heterocycles. The first-order valence-electron chi connectivity index (χ1n) is 6.87. The average molecular weight is 270 g/mol. The van der Waals surface area contributed by atoms with Gasteiger partial charge in [0.1, 0.15) is 0 Å². The zero-order chi connectivity index (χ0) is 14.3. The molecule has 0 amide bonds. The van der Waals surface area contributed by atoms with Crippen molar-refractivity contribution in [2.45, 2.75) is 26.2 Å². The molecule has 3 nitrogen and oxygen atoms in total. The molecule has 0 radical (unpaired) electrons. The summed E-state index contributed by atoms with van der Waals surface area (Å²) in [5.74, 6) is 1.84. The standard InChI is InChI=1S/C17H18O3/c1-11(2)13-5-4-8-17(3,16(13)18)12-6-7-14-15(9-12)20-10-19-14/h4-9,11H,10H2,1-3H3. The largest absolute Gasteiger partial charge is 0.454 e. The van der Waals surface area contributed by atoms with Crippen LogP contribution in [0, 0.1) is 5.92 Å². The molecule has 104 valence electrons. The highest BCUT2D eigenvalue weighted by molar-refractivity contribution is 6.06. The molecule has 0 saturated heterocycles. The molecule has 1 aliphatic carbocycles. The van der Waals surface area contributed by atoms with Gasteiger partial charge >= 0.3 is 0 Å². The number of ketones is 1. The van der Waals surface area contributed by atoms with Crippen LogP contribution in [0.25, 0.3) is 0 Å². The van der Waals surface area contributed by atoms with Crippen LogP contribution >= 0.6 is 0 Å². The number of hydrogen-bond acceptors (Lipinski definition) is 3. The molecular formula is C17H18O3. The number of Topliss-reactive ketones (excluding diaryl/α,β-unsaturated/α-hetero) is 1. The number of rotatable bonds is 2. The third kappa shape index (κ3) is 1.85. The van der Waals surface area contributed by atoms with Crippen LogP contribution in [0.15, 0.2) is 42.0 Å². The Morgan fingerprint density at radius 2 is 1.95 bits per heavy atom. The van der Waals surface area contributed by atoms with Crippen LogP contribution in [0.5, 0.6) is 11.5 Å².